The Morgan fingerprint density at radius 3 is 2.62 bits per heavy atom. The van der Waals surface area contributed by atoms with Gasteiger partial charge in [-0.05, 0) is 43.3 Å². The van der Waals surface area contributed by atoms with E-state index in [0.717, 1.165) is 11.1 Å². The molecule has 0 spiro atoms. The van der Waals surface area contributed by atoms with Crippen molar-refractivity contribution >= 4 is 39.7 Å². The molecule has 0 saturated carbocycles. The fraction of sp³-hybridized carbons (Fsp3) is 0.0500. The predicted molar refractivity (Wildman–Crippen MR) is 110 cm³/mol. The quantitative estimate of drug-likeness (QED) is 0.347. The molecule has 4 aromatic rings. The van der Waals surface area contributed by atoms with Crippen molar-refractivity contribution in [2.75, 3.05) is 5.32 Å². The van der Waals surface area contributed by atoms with Crippen LogP contribution in [0.15, 0.2) is 60.9 Å². The largest absolute Gasteiger partial charge is 0.431 e. The van der Waals surface area contributed by atoms with E-state index in [2.05, 4.69) is 20.3 Å². The molecule has 8 nitrogen and oxygen atoms in total. The lowest BCUT2D eigenvalue weighted by Crippen LogP contribution is -2.03. The van der Waals surface area contributed by atoms with E-state index in [4.69, 9.17) is 16.3 Å². The van der Waals surface area contributed by atoms with E-state index in [1.807, 2.05) is 25.1 Å². The van der Waals surface area contributed by atoms with Crippen LogP contribution < -0.4 is 10.1 Å². The summed E-state index contributed by atoms with van der Waals surface area (Å²) in [5.41, 5.74) is 1.60. The first-order chi connectivity index (χ1) is 14.0. The number of nitrogens with one attached hydrogen (secondary N) is 1. The van der Waals surface area contributed by atoms with Crippen LogP contribution >= 0.6 is 11.6 Å². The van der Waals surface area contributed by atoms with Gasteiger partial charge in [0.15, 0.2) is 5.75 Å². The monoisotopic (exact) mass is 407 g/mol. The molecule has 9 heteroatoms. The van der Waals surface area contributed by atoms with E-state index >= 15 is 0 Å². The average Bonchev–Trinajstić information content (AvgIpc) is 2.70. The van der Waals surface area contributed by atoms with Gasteiger partial charge in [0.05, 0.1) is 4.92 Å². The molecule has 0 amide bonds. The lowest BCUT2D eigenvalue weighted by atomic mass is 10.2. The Kier molecular flexibility index (Phi) is 4.92. The zero-order valence-corrected chi connectivity index (χ0v) is 15.9. The van der Waals surface area contributed by atoms with Crippen LogP contribution in [0.5, 0.6) is 11.6 Å². The molecule has 2 aromatic carbocycles. The van der Waals surface area contributed by atoms with Crippen LogP contribution in [-0.2, 0) is 0 Å². The second-order valence-electron chi connectivity index (χ2n) is 6.15. The molecule has 0 saturated heterocycles. The number of pyridine rings is 1. The zero-order chi connectivity index (χ0) is 20.4. The number of anilines is 2. The minimum Gasteiger partial charge on any atom is -0.431 e. The van der Waals surface area contributed by atoms with Gasteiger partial charge in [-0.1, -0.05) is 29.8 Å². The third-order valence-electron chi connectivity index (χ3n) is 4.11. The topological polar surface area (TPSA) is 103 Å². The van der Waals surface area contributed by atoms with Crippen LogP contribution in [0.25, 0.3) is 10.9 Å². The summed E-state index contributed by atoms with van der Waals surface area (Å²) in [7, 11) is 0. The van der Waals surface area contributed by atoms with Crippen molar-refractivity contribution < 1.29 is 9.66 Å². The lowest BCUT2D eigenvalue weighted by Gasteiger charge is -2.11. The molecule has 2 heterocycles. The molecule has 144 valence electrons. The van der Waals surface area contributed by atoms with Gasteiger partial charge in [-0.15, -0.1) is 0 Å². The van der Waals surface area contributed by atoms with Crippen molar-refractivity contribution in [2.24, 2.45) is 0 Å². The summed E-state index contributed by atoms with van der Waals surface area (Å²) in [6.45, 7) is 1.86. The summed E-state index contributed by atoms with van der Waals surface area (Å²) in [5, 5.41) is 16.1. The van der Waals surface area contributed by atoms with Crippen LogP contribution in [0.3, 0.4) is 0 Å². The number of benzene rings is 2. The Morgan fingerprint density at radius 2 is 1.86 bits per heavy atom. The van der Waals surface area contributed by atoms with Gasteiger partial charge < -0.3 is 10.1 Å². The fourth-order valence-corrected chi connectivity index (χ4v) is 2.89. The molecule has 1 N–H and O–H groups in total. The van der Waals surface area contributed by atoms with Crippen molar-refractivity contribution in [3.63, 3.8) is 0 Å². The Labute approximate surface area is 170 Å². The molecule has 0 aliphatic carbocycles. The Hall–Kier alpha value is -3.78. The summed E-state index contributed by atoms with van der Waals surface area (Å²) in [6, 6.07) is 15.9. The number of aryl methyl sites for hydroxylation is 1. The van der Waals surface area contributed by atoms with Gasteiger partial charge in [-0.3, -0.25) is 10.1 Å². The maximum absolute atomic E-state index is 11.8. The first-order valence-corrected chi connectivity index (χ1v) is 8.95. The number of hydrogen-bond donors (Lipinski definition) is 1. The molecule has 0 atom stereocenters. The number of para-hydroxylation sites is 1. The first kappa shape index (κ1) is 18.6. The molecule has 0 bridgehead atoms. The Morgan fingerprint density at radius 1 is 1.07 bits per heavy atom. The van der Waals surface area contributed by atoms with E-state index in [9.17, 15) is 10.1 Å². The van der Waals surface area contributed by atoms with Crippen molar-refractivity contribution in [1.29, 1.82) is 0 Å². The summed E-state index contributed by atoms with van der Waals surface area (Å²) in [4.78, 5) is 23.6. The number of nitro groups is 1. The maximum atomic E-state index is 11.8. The third-order valence-corrected chi connectivity index (χ3v) is 4.36. The van der Waals surface area contributed by atoms with Gasteiger partial charge in [0.25, 0.3) is 0 Å². The number of aromatic nitrogens is 3. The highest BCUT2D eigenvalue weighted by molar-refractivity contribution is 6.30. The molecule has 0 radical (unpaired) electrons. The number of rotatable bonds is 5. The zero-order valence-electron chi connectivity index (χ0n) is 15.2. The van der Waals surface area contributed by atoms with Gasteiger partial charge in [0.2, 0.25) is 5.82 Å². The van der Waals surface area contributed by atoms with E-state index in [1.54, 1.807) is 36.4 Å². The minimum absolute atomic E-state index is 0.00620. The molecule has 0 aliphatic heterocycles. The second kappa shape index (κ2) is 7.69. The molecule has 0 unspecified atom stereocenters. The van der Waals surface area contributed by atoms with Crippen LogP contribution in [0, 0.1) is 17.0 Å². The van der Waals surface area contributed by atoms with Crippen molar-refractivity contribution in [3.05, 3.63) is 81.8 Å². The number of ether oxygens (including phenoxy) is 1. The molecular weight excluding hydrogens is 394 g/mol. The van der Waals surface area contributed by atoms with E-state index < -0.39 is 4.92 Å². The smallest absolute Gasteiger partial charge is 0.373 e. The number of fused-ring (bicyclic) bond motifs is 1. The van der Waals surface area contributed by atoms with Gasteiger partial charge in [-0.25, -0.2) is 9.97 Å². The predicted octanol–water partition coefficient (Wildman–Crippen LogP) is 5.43. The SMILES string of the molecule is Cc1ccc2cccc(Oc3ncnc(Nc4ccc(Cl)cc4)c3[N+](=O)[O-])c2n1. The number of hydrogen-bond acceptors (Lipinski definition) is 7. The first-order valence-electron chi connectivity index (χ1n) is 8.57. The minimum atomic E-state index is -0.586. The number of nitrogens with zero attached hydrogens (tertiary/aromatic N) is 4. The average molecular weight is 408 g/mol. The van der Waals surface area contributed by atoms with Crippen LogP contribution in [0.1, 0.15) is 5.69 Å². The van der Waals surface area contributed by atoms with Crippen molar-refractivity contribution in [2.45, 2.75) is 6.92 Å². The van der Waals surface area contributed by atoms with Gasteiger partial charge in [0, 0.05) is 21.8 Å². The molecule has 4 rings (SSSR count). The van der Waals surface area contributed by atoms with Crippen molar-refractivity contribution in [1.82, 2.24) is 15.0 Å². The molecule has 0 fully saturated rings. The van der Waals surface area contributed by atoms with Crippen LogP contribution in [0.2, 0.25) is 5.02 Å². The van der Waals surface area contributed by atoms with Crippen molar-refractivity contribution in [3.8, 4) is 11.6 Å². The highest BCUT2D eigenvalue weighted by atomic mass is 35.5. The van der Waals surface area contributed by atoms with E-state index in [1.165, 1.54) is 6.33 Å². The molecule has 2 aromatic heterocycles. The van der Waals surface area contributed by atoms with Gasteiger partial charge >= 0.3 is 11.6 Å². The molecule has 0 aliphatic rings. The van der Waals surface area contributed by atoms with E-state index in [-0.39, 0.29) is 17.4 Å². The molecular formula is C20H14ClN5O3. The third kappa shape index (κ3) is 3.92. The molecule has 29 heavy (non-hydrogen) atoms. The van der Waals surface area contributed by atoms with Gasteiger partial charge in [0.1, 0.15) is 11.8 Å². The fourth-order valence-electron chi connectivity index (χ4n) is 2.77. The maximum Gasteiger partial charge on any atom is 0.373 e. The highest BCUT2D eigenvalue weighted by Gasteiger charge is 2.26. The van der Waals surface area contributed by atoms with Crippen LogP contribution in [0.4, 0.5) is 17.2 Å². The summed E-state index contributed by atoms with van der Waals surface area (Å²) in [6.07, 6.45) is 1.20. The Balaban J connectivity index is 1.76. The number of halogens is 1. The summed E-state index contributed by atoms with van der Waals surface area (Å²) < 4.78 is 5.82. The lowest BCUT2D eigenvalue weighted by molar-refractivity contribution is -0.385. The summed E-state index contributed by atoms with van der Waals surface area (Å²) >= 11 is 5.88. The summed E-state index contributed by atoms with van der Waals surface area (Å²) in [5.74, 6) is 0.189. The second-order valence-corrected chi connectivity index (χ2v) is 6.58. The van der Waals surface area contributed by atoms with Gasteiger partial charge in [-0.2, -0.15) is 4.98 Å². The standard InChI is InChI=1S/C20H14ClN5O3/c1-12-5-6-13-3-2-4-16(17(13)24-12)29-20-18(26(27)28)19(22-11-23-20)25-15-9-7-14(21)8-10-15/h2-11H,1H3,(H,22,23,25). The van der Waals surface area contributed by atoms with Crippen LogP contribution in [-0.4, -0.2) is 19.9 Å². The van der Waals surface area contributed by atoms with E-state index in [0.29, 0.717) is 22.0 Å². The highest BCUT2D eigenvalue weighted by Crippen LogP contribution is 2.37. The normalized spacial score (nSPS) is 10.7. The Bertz CT molecular complexity index is 1210.